The van der Waals surface area contributed by atoms with Crippen molar-refractivity contribution in [1.82, 2.24) is 19.6 Å². The van der Waals surface area contributed by atoms with E-state index in [2.05, 4.69) is 32.2 Å². The molecule has 1 aromatic carbocycles. The van der Waals surface area contributed by atoms with Crippen molar-refractivity contribution in [1.29, 1.82) is 0 Å². The summed E-state index contributed by atoms with van der Waals surface area (Å²) in [6.45, 7) is 3.51. The van der Waals surface area contributed by atoms with Crippen molar-refractivity contribution in [3.63, 3.8) is 0 Å². The van der Waals surface area contributed by atoms with Gasteiger partial charge in [0.25, 0.3) is 0 Å². The first kappa shape index (κ1) is 22.7. The fraction of sp³-hybridized carbons (Fsp3) is 0.346. The Morgan fingerprint density at radius 2 is 1.94 bits per heavy atom. The molecule has 180 valence electrons. The Morgan fingerprint density at radius 3 is 2.69 bits per heavy atom. The maximum Gasteiger partial charge on any atom is 0.170 e. The summed E-state index contributed by atoms with van der Waals surface area (Å²) in [6.07, 6.45) is 4.70. The zero-order valence-corrected chi connectivity index (χ0v) is 20.9. The van der Waals surface area contributed by atoms with E-state index in [1.807, 2.05) is 35.7 Å². The molecule has 9 heteroatoms. The maximum absolute atomic E-state index is 10.1. The van der Waals surface area contributed by atoms with E-state index in [-0.39, 0.29) is 18.1 Å². The first-order valence-corrected chi connectivity index (χ1v) is 12.6. The largest absolute Gasteiger partial charge is 0.388 e. The molecule has 4 heterocycles. The van der Waals surface area contributed by atoms with Gasteiger partial charge < -0.3 is 15.7 Å². The molecule has 4 aromatic rings. The van der Waals surface area contributed by atoms with Crippen LogP contribution in [0.1, 0.15) is 41.5 Å². The number of piperidine rings is 1. The normalized spacial score (nSPS) is 19.0. The van der Waals surface area contributed by atoms with Crippen molar-refractivity contribution in [2.24, 2.45) is 11.1 Å². The number of fused-ring (bicyclic) bond motifs is 2. The van der Waals surface area contributed by atoms with Crippen LogP contribution in [0, 0.1) is 12.3 Å². The number of aryl methyl sites for hydroxylation is 1. The number of aromatic nitrogens is 4. The molecule has 7 nitrogen and oxygen atoms in total. The Kier molecular flexibility index (Phi) is 5.49. The maximum atomic E-state index is 10.1. The number of pyridine rings is 2. The molecular weight excluding hydrogens is 483 g/mol. The Bertz CT molecular complexity index is 1440. The van der Waals surface area contributed by atoms with Crippen LogP contribution in [0.3, 0.4) is 0 Å². The minimum absolute atomic E-state index is 0.00497. The second-order valence-corrected chi connectivity index (χ2v) is 10.4. The molecule has 6 rings (SSSR count). The van der Waals surface area contributed by atoms with E-state index in [1.165, 1.54) is 5.56 Å². The lowest BCUT2D eigenvalue weighted by Crippen LogP contribution is -2.45. The molecule has 0 radical (unpaired) electrons. The smallest absolute Gasteiger partial charge is 0.170 e. The topological polar surface area (TPSA) is 92.6 Å². The zero-order valence-electron chi connectivity index (χ0n) is 19.4. The average molecular weight is 509 g/mol. The lowest BCUT2D eigenvalue weighted by atomic mass is 9.73. The molecule has 0 amide bonds. The minimum atomic E-state index is -0.219. The molecule has 3 aromatic heterocycles. The van der Waals surface area contributed by atoms with Gasteiger partial charge in [-0.15, -0.1) is 10.2 Å². The summed E-state index contributed by atoms with van der Waals surface area (Å²) in [7, 11) is 0. The summed E-state index contributed by atoms with van der Waals surface area (Å²) >= 11 is 12.9. The highest BCUT2D eigenvalue weighted by Gasteiger charge is 2.46. The first-order valence-electron chi connectivity index (χ1n) is 11.8. The number of aliphatic hydroxyl groups is 1. The highest BCUT2D eigenvalue weighted by Crippen LogP contribution is 2.50. The third kappa shape index (κ3) is 3.44. The van der Waals surface area contributed by atoms with E-state index in [4.69, 9.17) is 28.9 Å². The molecule has 1 saturated heterocycles. The molecule has 1 spiro atoms. The quantitative estimate of drug-likeness (QED) is 0.415. The van der Waals surface area contributed by atoms with Gasteiger partial charge in [-0.05, 0) is 60.9 Å². The number of benzene rings is 1. The van der Waals surface area contributed by atoms with Gasteiger partial charge in [-0.1, -0.05) is 41.4 Å². The van der Waals surface area contributed by atoms with Crippen LogP contribution < -0.4 is 10.6 Å². The fourth-order valence-corrected chi connectivity index (χ4v) is 6.31. The van der Waals surface area contributed by atoms with Crippen molar-refractivity contribution in [3.8, 4) is 11.1 Å². The van der Waals surface area contributed by atoms with Crippen LogP contribution in [-0.2, 0) is 13.0 Å². The van der Waals surface area contributed by atoms with Crippen molar-refractivity contribution >= 4 is 34.7 Å². The average Bonchev–Trinajstić information content (AvgIpc) is 3.41. The van der Waals surface area contributed by atoms with Gasteiger partial charge in [-0.2, -0.15) is 0 Å². The molecule has 1 aliphatic heterocycles. The molecule has 1 atom stereocenters. The van der Waals surface area contributed by atoms with Crippen LogP contribution in [0.4, 0.5) is 5.82 Å². The van der Waals surface area contributed by atoms with Crippen LogP contribution in [0.2, 0.25) is 10.0 Å². The van der Waals surface area contributed by atoms with Gasteiger partial charge in [-0.25, -0.2) is 0 Å². The molecule has 3 N–H and O–H groups in total. The molecule has 1 aliphatic carbocycles. The molecular formula is C26H26Cl2N6O. The van der Waals surface area contributed by atoms with Crippen molar-refractivity contribution < 1.29 is 5.11 Å². The summed E-state index contributed by atoms with van der Waals surface area (Å²) in [5.74, 6) is 1.45. The van der Waals surface area contributed by atoms with Gasteiger partial charge in [0.1, 0.15) is 12.4 Å². The second-order valence-electron chi connectivity index (χ2n) is 9.64. The fourth-order valence-electron chi connectivity index (χ4n) is 5.91. The Morgan fingerprint density at radius 1 is 1.14 bits per heavy atom. The number of halogens is 2. The van der Waals surface area contributed by atoms with Gasteiger partial charge >= 0.3 is 0 Å². The number of nitrogens with zero attached hydrogens (tertiary/aromatic N) is 5. The van der Waals surface area contributed by atoms with Crippen LogP contribution in [0.15, 0.2) is 42.6 Å². The first-order chi connectivity index (χ1) is 16.9. The number of aliphatic hydroxyl groups excluding tert-OH is 1. The van der Waals surface area contributed by atoms with Gasteiger partial charge in [0.15, 0.2) is 11.5 Å². The summed E-state index contributed by atoms with van der Waals surface area (Å²) in [6, 6.07) is 11.8. The highest BCUT2D eigenvalue weighted by molar-refractivity contribution is 6.43. The number of nitrogens with two attached hydrogens (primary N) is 1. The molecule has 35 heavy (non-hydrogen) atoms. The second kappa shape index (κ2) is 8.45. The number of rotatable bonds is 3. The molecule has 1 fully saturated rings. The van der Waals surface area contributed by atoms with Crippen molar-refractivity contribution in [2.45, 2.75) is 38.8 Å². The van der Waals surface area contributed by atoms with Crippen molar-refractivity contribution in [2.75, 3.05) is 18.0 Å². The third-order valence-electron chi connectivity index (χ3n) is 7.81. The minimum Gasteiger partial charge on any atom is -0.388 e. The Balaban J connectivity index is 1.39. The predicted molar refractivity (Wildman–Crippen MR) is 138 cm³/mol. The summed E-state index contributed by atoms with van der Waals surface area (Å²) < 4.78 is 1.95. The third-order valence-corrected chi connectivity index (χ3v) is 8.63. The lowest BCUT2D eigenvalue weighted by molar-refractivity contribution is 0.186. The van der Waals surface area contributed by atoms with E-state index in [1.54, 1.807) is 6.07 Å². The Labute approximate surface area is 213 Å². The number of hydrogen-bond donors (Lipinski definition) is 2. The standard InChI is InChI=1S/C26H26Cl2N6O/c1-15-12-21(33-10-7-26(8-11-33)13-19-16(24(26)29)5-3-9-30-19)34-20(14-35)31-32-25(34)22(15)17-4-2-6-18(27)23(17)28/h2-6,9,12,24,35H,7-8,10-11,13-14,29H2,1H3. The van der Waals surface area contributed by atoms with E-state index in [9.17, 15) is 5.11 Å². The summed E-state index contributed by atoms with van der Waals surface area (Å²) in [5, 5.41) is 19.8. The van der Waals surface area contributed by atoms with Gasteiger partial charge in [-0.3, -0.25) is 9.38 Å². The van der Waals surface area contributed by atoms with E-state index < -0.39 is 0 Å². The SMILES string of the molecule is Cc1cc(N2CCC3(CC2)Cc2ncccc2C3N)n2c(CO)nnc2c1-c1cccc(Cl)c1Cl. The van der Waals surface area contributed by atoms with E-state index in [0.29, 0.717) is 21.5 Å². The molecule has 0 saturated carbocycles. The lowest BCUT2D eigenvalue weighted by Gasteiger charge is -2.43. The number of hydrogen-bond acceptors (Lipinski definition) is 6. The molecule has 1 unspecified atom stereocenters. The molecule has 0 bridgehead atoms. The van der Waals surface area contributed by atoms with Gasteiger partial charge in [0.2, 0.25) is 0 Å². The van der Waals surface area contributed by atoms with Crippen molar-refractivity contribution in [3.05, 3.63) is 75.3 Å². The van der Waals surface area contributed by atoms with Crippen LogP contribution in [0.5, 0.6) is 0 Å². The number of anilines is 1. The highest BCUT2D eigenvalue weighted by atomic mass is 35.5. The van der Waals surface area contributed by atoms with Gasteiger partial charge in [0.05, 0.1) is 10.0 Å². The predicted octanol–water partition coefficient (Wildman–Crippen LogP) is 4.74. The van der Waals surface area contributed by atoms with E-state index in [0.717, 1.165) is 60.6 Å². The van der Waals surface area contributed by atoms with Gasteiger partial charge in [0, 0.05) is 42.1 Å². The monoisotopic (exact) mass is 508 g/mol. The summed E-state index contributed by atoms with van der Waals surface area (Å²) in [5.41, 5.74) is 12.4. The summed E-state index contributed by atoms with van der Waals surface area (Å²) in [4.78, 5) is 6.94. The Hall–Kier alpha value is -2.71. The van der Waals surface area contributed by atoms with E-state index >= 15 is 0 Å². The zero-order chi connectivity index (χ0) is 24.3. The molecule has 2 aliphatic rings. The van der Waals surface area contributed by atoms with Crippen LogP contribution >= 0.6 is 23.2 Å². The van der Waals surface area contributed by atoms with Crippen LogP contribution in [-0.4, -0.2) is 37.8 Å². The van der Waals surface area contributed by atoms with Crippen LogP contribution in [0.25, 0.3) is 16.8 Å².